The minimum absolute atomic E-state index is 0.0584. The third-order valence-electron chi connectivity index (χ3n) is 7.16. The fourth-order valence-corrected chi connectivity index (χ4v) is 6.09. The summed E-state index contributed by atoms with van der Waals surface area (Å²) in [5.74, 6) is -0.406. The van der Waals surface area contributed by atoms with Crippen molar-refractivity contribution < 1.29 is 36.2 Å². The number of urea groups is 1. The molecule has 1 fully saturated rings. The van der Waals surface area contributed by atoms with Crippen LogP contribution in [-0.2, 0) is 18.8 Å². The number of halogens is 6. The molecule has 228 valence electrons. The lowest BCUT2D eigenvalue weighted by molar-refractivity contribution is -0.143. The van der Waals surface area contributed by atoms with Gasteiger partial charge in [-0.15, -0.1) is 0 Å². The standard InChI is InChI=1S/C28H26F6N6O2S/c1-2-35-25(42)37-19-7-9-40(10-8-19)26-38-24(41)23(43-26)20(15-4-6-22-17(11-15)14-36-39-22)12-16-3-5-18(27(29,30)31)13-21(16)28(32,33)34/h3-6,11,13-14,19,41H,2,7-10,12H2,1H3,(H2,35,37,42). The van der Waals surface area contributed by atoms with Crippen LogP contribution in [0.25, 0.3) is 5.57 Å². The highest BCUT2D eigenvalue weighted by atomic mass is 32.1. The fraction of sp³-hybridized carbons (Fsp3) is 0.357. The molecular weight excluding hydrogens is 598 g/mol. The molecule has 0 spiro atoms. The van der Waals surface area contributed by atoms with Crippen LogP contribution in [0, 0.1) is 0 Å². The van der Waals surface area contributed by atoms with Gasteiger partial charge in [0, 0.05) is 37.7 Å². The van der Waals surface area contributed by atoms with Crippen molar-refractivity contribution in [1.29, 1.82) is 0 Å². The summed E-state index contributed by atoms with van der Waals surface area (Å²) in [6.45, 7) is 3.32. The van der Waals surface area contributed by atoms with Crippen molar-refractivity contribution in [3.05, 3.63) is 74.1 Å². The van der Waals surface area contributed by atoms with Gasteiger partial charge in [-0.3, -0.25) is 0 Å². The van der Waals surface area contributed by atoms with Gasteiger partial charge in [-0.25, -0.2) is 4.79 Å². The summed E-state index contributed by atoms with van der Waals surface area (Å²) in [5.41, 5.74) is -2.36. The molecule has 3 aromatic rings. The van der Waals surface area contributed by atoms with Gasteiger partial charge in [-0.1, -0.05) is 23.5 Å². The fourth-order valence-electron chi connectivity index (χ4n) is 5.01. The number of alkyl halides is 6. The SMILES string of the molecule is CCNC(=O)NC1CCN(c2nc(O)c(C(Cc3ccc(C(F)(F)F)cc3C(F)(F)F)=c3ccc4c(c3)C=NN=4)s2)CC1. The van der Waals surface area contributed by atoms with E-state index >= 15 is 0 Å². The molecule has 2 aliphatic rings. The first-order chi connectivity index (χ1) is 20.3. The Bertz CT molecular complexity index is 1680. The molecule has 2 amide bonds. The van der Waals surface area contributed by atoms with Crippen LogP contribution in [0.5, 0.6) is 5.88 Å². The molecule has 1 aromatic heterocycles. The molecule has 2 aliphatic heterocycles. The molecule has 0 unspecified atom stereocenters. The number of benzene rings is 2. The Kier molecular flexibility index (Phi) is 8.36. The van der Waals surface area contributed by atoms with Crippen molar-refractivity contribution in [3.63, 3.8) is 0 Å². The van der Waals surface area contributed by atoms with Gasteiger partial charge in [0.1, 0.15) is 0 Å². The zero-order valence-electron chi connectivity index (χ0n) is 22.7. The largest absolute Gasteiger partial charge is 0.492 e. The number of thiazole rings is 1. The summed E-state index contributed by atoms with van der Waals surface area (Å²) in [6, 6.07) is 6.12. The summed E-state index contributed by atoms with van der Waals surface area (Å²) in [4.78, 5) is 18.3. The molecule has 0 aliphatic carbocycles. The lowest BCUT2D eigenvalue weighted by Gasteiger charge is -2.32. The molecule has 8 nitrogen and oxygen atoms in total. The van der Waals surface area contributed by atoms with E-state index in [2.05, 4.69) is 25.8 Å². The molecule has 2 aromatic carbocycles. The summed E-state index contributed by atoms with van der Waals surface area (Å²) < 4.78 is 82.0. The van der Waals surface area contributed by atoms with E-state index < -0.39 is 35.8 Å². The second-order valence-corrected chi connectivity index (χ2v) is 11.0. The minimum Gasteiger partial charge on any atom is -0.492 e. The van der Waals surface area contributed by atoms with Crippen molar-refractivity contribution in [3.8, 4) is 5.88 Å². The van der Waals surface area contributed by atoms with Gasteiger partial charge in [0.15, 0.2) is 5.13 Å². The second kappa shape index (κ2) is 11.9. The quantitative estimate of drug-likeness (QED) is 0.350. The number of anilines is 1. The normalized spacial score (nSPS) is 16.1. The number of nitrogens with zero attached hydrogens (tertiary/aromatic N) is 4. The van der Waals surface area contributed by atoms with Gasteiger partial charge in [0.25, 0.3) is 0 Å². The van der Waals surface area contributed by atoms with Crippen LogP contribution in [0.3, 0.4) is 0 Å². The van der Waals surface area contributed by atoms with E-state index in [0.29, 0.717) is 59.8 Å². The summed E-state index contributed by atoms with van der Waals surface area (Å²) in [7, 11) is 0. The van der Waals surface area contributed by atoms with E-state index in [-0.39, 0.29) is 34.2 Å². The number of carbonyl (C=O) groups is 1. The Morgan fingerprint density at radius 3 is 2.49 bits per heavy atom. The molecule has 15 heteroatoms. The number of hydrogen-bond acceptors (Lipinski definition) is 7. The minimum atomic E-state index is -5.06. The molecule has 0 saturated carbocycles. The lowest BCUT2D eigenvalue weighted by Crippen LogP contribution is -2.47. The molecule has 43 heavy (non-hydrogen) atoms. The smallest absolute Gasteiger partial charge is 0.416 e. The highest BCUT2D eigenvalue weighted by Gasteiger charge is 2.38. The van der Waals surface area contributed by atoms with Crippen LogP contribution in [0.1, 0.15) is 46.9 Å². The van der Waals surface area contributed by atoms with Gasteiger partial charge < -0.3 is 20.6 Å². The first kappa shape index (κ1) is 30.3. The third-order valence-corrected chi connectivity index (χ3v) is 8.32. The van der Waals surface area contributed by atoms with Crippen molar-refractivity contribution in [2.45, 2.75) is 44.6 Å². The van der Waals surface area contributed by atoms with Crippen LogP contribution in [0.4, 0.5) is 36.3 Å². The molecule has 1 saturated heterocycles. The summed E-state index contributed by atoms with van der Waals surface area (Å²) in [5, 5.41) is 25.8. The zero-order valence-corrected chi connectivity index (χ0v) is 23.5. The van der Waals surface area contributed by atoms with Crippen LogP contribution in [0.15, 0.2) is 46.6 Å². The number of aromatic nitrogens is 1. The molecule has 0 radical (unpaired) electrons. The number of nitrogens with one attached hydrogen (secondary N) is 2. The number of piperidine rings is 1. The van der Waals surface area contributed by atoms with Crippen LogP contribution < -0.4 is 26.1 Å². The number of carbonyl (C=O) groups excluding carboxylic acids is 1. The molecule has 0 atom stereocenters. The number of amides is 2. The topological polar surface area (TPSA) is 102 Å². The average molecular weight is 625 g/mol. The second-order valence-electron chi connectivity index (χ2n) is 10.1. The van der Waals surface area contributed by atoms with Crippen molar-refractivity contribution >= 4 is 34.3 Å². The predicted molar refractivity (Wildman–Crippen MR) is 149 cm³/mol. The molecule has 0 bridgehead atoms. The van der Waals surface area contributed by atoms with Gasteiger partial charge in [0.2, 0.25) is 5.88 Å². The van der Waals surface area contributed by atoms with Crippen LogP contribution in [-0.4, -0.2) is 48.0 Å². The third kappa shape index (κ3) is 6.76. The first-order valence-corrected chi connectivity index (χ1v) is 14.2. The Balaban J connectivity index is 1.53. The highest BCUT2D eigenvalue weighted by molar-refractivity contribution is 7.17. The zero-order chi connectivity index (χ0) is 30.9. The Morgan fingerprint density at radius 1 is 1.07 bits per heavy atom. The maximum absolute atomic E-state index is 14.0. The maximum Gasteiger partial charge on any atom is 0.416 e. The molecular formula is C28H26F6N6O2S. The van der Waals surface area contributed by atoms with E-state index in [1.54, 1.807) is 18.2 Å². The van der Waals surface area contributed by atoms with Crippen molar-refractivity contribution in [1.82, 2.24) is 15.6 Å². The Hall–Kier alpha value is -4.14. The van der Waals surface area contributed by atoms with Gasteiger partial charge in [-0.2, -0.15) is 41.5 Å². The number of rotatable bonds is 6. The number of fused-ring (bicyclic) bond motifs is 1. The number of aromatic hydroxyl groups is 1. The molecule has 5 rings (SSSR count). The van der Waals surface area contributed by atoms with Crippen molar-refractivity contribution in [2.24, 2.45) is 10.2 Å². The molecule has 3 heterocycles. The monoisotopic (exact) mass is 624 g/mol. The van der Waals surface area contributed by atoms with E-state index in [0.717, 1.165) is 17.4 Å². The van der Waals surface area contributed by atoms with Crippen LogP contribution in [0.2, 0.25) is 0 Å². The summed E-state index contributed by atoms with van der Waals surface area (Å²) in [6.07, 6.45) is -7.75. The molecule has 3 N–H and O–H groups in total. The van der Waals surface area contributed by atoms with Gasteiger partial charge in [0.05, 0.1) is 27.6 Å². The van der Waals surface area contributed by atoms with Crippen molar-refractivity contribution in [2.75, 3.05) is 24.5 Å². The Labute approximate surface area is 245 Å². The first-order valence-electron chi connectivity index (χ1n) is 13.3. The number of hydrogen-bond donors (Lipinski definition) is 3. The lowest BCUT2D eigenvalue weighted by atomic mass is 9.94. The van der Waals surface area contributed by atoms with Crippen LogP contribution >= 0.6 is 11.3 Å². The van der Waals surface area contributed by atoms with Gasteiger partial charge in [-0.05, 0) is 60.4 Å². The Morgan fingerprint density at radius 2 is 1.81 bits per heavy atom. The van der Waals surface area contributed by atoms with Gasteiger partial charge >= 0.3 is 18.4 Å². The van der Waals surface area contributed by atoms with E-state index in [4.69, 9.17) is 0 Å². The van der Waals surface area contributed by atoms with E-state index in [1.165, 1.54) is 6.21 Å². The van der Waals surface area contributed by atoms with E-state index in [9.17, 15) is 36.2 Å². The maximum atomic E-state index is 14.0. The predicted octanol–water partition coefficient (Wildman–Crippen LogP) is 4.58. The summed E-state index contributed by atoms with van der Waals surface area (Å²) >= 11 is 1.08. The van der Waals surface area contributed by atoms with E-state index in [1.807, 2.05) is 11.8 Å². The average Bonchev–Trinajstić information content (AvgIpc) is 3.57. The highest BCUT2D eigenvalue weighted by Crippen LogP contribution is 2.41.